The number of benzene rings is 1. The number of carbonyl (C=O) groups is 2. The number of amides is 2. The second-order valence-corrected chi connectivity index (χ2v) is 7.59. The molecule has 0 saturated carbocycles. The molecule has 0 radical (unpaired) electrons. The Kier molecular flexibility index (Phi) is 5.55. The summed E-state index contributed by atoms with van der Waals surface area (Å²) in [6, 6.07) is 4.24. The monoisotopic (exact) mass is 380 g/mol. The Balaban J connectivity index is 1.84. The summed E-state index contributed by atoms with van der Waals surface area (Å²) in [5, 5.41) is 2.34. The smallest absolute Gasteiger partial charge is 0.406 e. The Morgan fingerprint density at radius 3 is 2.20 bits per heavy atom. The van der Waals surface area contributed by atoms with Gasteiger partial charge in [-0.2, -0.15) is 0 Å². The molecule has 1 fully saturated rings. The van der Waals surface area contributed by atoms with Gasteiger partial charge >= 0.3 is 6.36 Å². The van der Waals surface area contributed by atoms with Crippen molar-refractivity contribution in [2.75, 3.05) is 31.1 Å². The van der Waals surface area contributed by atoms with Gasteiger partial charge in [0.25, 0.3) is 5.91 Å². The molecule has 0 bridgehead atoms. The van der Waals surface area contributed by atoms with Crippen molar-refractivity contribution in [3.8, 4) is 5.75 Å². The van der Waals surface area contributed by atoms with Crippen LogP contribution in [-0.4, -0.2) is 62.6 Å². The van der Waals surface area contributed by atoms with Gasteiger partial charge in [0.05, 0.1) is 18.1 Å². The van der Waals surface area contributed by atoms with Gasteiger partial charge in [-0.15, -0.1) is 13.2 Å². The predicted octanol–water partition coefficient (Wildman–Crippen LogP) is 0.572. The summed E-state index contributed by atoms with van der Waals surface area (Å²) in [6.07, 6.45) is -4.82. The molecule has 25 heavy (non-hydrogen) atoms. The van der Waals surface area contributed by atoms with Crippen molar-refractivity contribution in [1.29, 1.82) is 0 Å². The van der Waals surface area contributed by atoms with Crippen molar-refractivity contribution >= 4 is 21.7 Å². The molecule has 1 saturated heterocycles. The van der Waals surface area contributed by atoms with E-state index >= 15 is 0 Å². The number of nitrogens with one attached hydrogen (secondary N) is 1. The molecule has 7 nitrogen and oxygen atoms in total. The van der Waals surface area contributed by atoms with Gasteiger partial charge in [0.1, 0.15) is 5.75 Å². The third-order valence-electron chi connectivity index (χ3n) is 3.45. The van der Waals surface area contributed by atoms with Crippen LogP contribution >= 0.6 is 0 Å². The number of halogens is 3. The third kappa shape index (κ3) is 5.93. The Bertz CT molecular complexity index is 733. The Hall–Kier alpha value is -2.30. The summed E-state index contributed by atoms with van der Waals surface area (Å²) in [6.45, 7) is -0.194. The van der Waals surface area contributed by atoms with Crippen LogP contribution in [0.1, 0.15) is 10.4 Å². The minimum atomic E-state index is -4.82. The van der Waals surface area contributed by atoms with E-state index in [0.29, 0.717) is 0 Å². The molecule has 1 heterocycles. The normalized spacial score (nSPS) is 17.0. The number of sulfone groups is 1. The van der Waals surface area contributed by atoms with E-state index < -0.39 is 33.8 Å². The number of rotatable bonds is 4. The highest BCUT2D eigenvalue weighted by Crippen LogP contribution is 2.22. The molecule has 0 spiro atoms. The summed E-state index contributed by atoms with van der Waals surface area (Å²) in [4.78, 5) is 25.2. The third-order valence-corrected chi connectivity index (χ3v) is 5.06. The SMILES string of the molecule is O=C(NCC(=O)N1CCS(=O)(=O)CC1)c1ccc(OC(F)(F)F)cc1. The molecule has 0 unspecified atom stereocenters. The van der Waals surface area contributed by atoms with Crippen molar-refractivity contribution in [2.24, 2.45) is 0 Å². The van der Waals surface area contributed by atoms with Crippen LogP contribution in [0.5, 0.6) is 5.75 Å². The van der Waals surface area contributed by atoms with Crippen molar-refractivity contribution in [1.82, 2.24) is 10.2 Å². The molecule has 11 heteroatoms. The molecular formula is C14H15F3N2O5S. The van der Waals surface area contributed by atoms with Crippen molar-refractivity contribution in [2.45, 2.75) is 6.36 Å². The van der Waals surface area contributed by atoms with Crippen molar-refractivity contribution in [3.05, 3.63) is 29.8 Å². The van der Waals surface area contributed by atoms with Crippen LogP contribution in [0.25, 0.3) is 0 Å². The maximum atomic E-state index is 12.1. The molecule has 1 aliphatic heterocycles. The fourth-order valence-electron chi connectivity index (χ4n) is 2.14. The van der Waals surface area contributed by atoms with Gasteiger partial charge in [-0.1, -0.05) is 0 Å². The fraction of sp³-hybridized carbons (Fsp3) is 0.429. The van der Waals surface area contributed by atoms with E-state index in [9.17, 15) is 31.2 Å². The van der Waals surface area contributed by atoms with Crippen LogP contribution in [-0.2, 0) is 14.6 Å². The first-order valence-corrected chi connectivity index (χ1v) is 9.00. The molecule has 1 N–H and O–H groups in total. The topological polar surface area (TPSA) is 92.8 Å². The molecule has 1 aliphatic rings. The number of hydrogen-bond donors (Lipinski definition) is 1. The Labute approximate surface area is 141 Å². The van der Waals surface area contributed by atoms with Crippen LogP contribution in [0.15, 0.2) is 24.3 Å². The van der Waals surface area contributed by atoms with Crippen LogP contribution in [0.3, 0.4) is 0 Å². The maximum absolute atomic E-state index is 12.1. The minimum absolute atomic E-state index is 0.0588. The minimum Gasteiger partial charge on any atom is -0.406 e. The lowest BCUT2D eigenvalue weighted by Gasteiger charge is -2.26. The first kappa shape index (κ1) is 19.0. The van der Waals surface area contributed by atoms with Crippen LogP contribution in [0.2, 0.25) is 0 Å². The van der Waals surface area contributed by atoms with Crippen LogP contribution in [0, 0.1) is 0 Å². The van der Waals surface area contributed by atoms with Gasteiger partial charge in [-0.25, -0.2) is 8.42 Å². The molecule has 2 amide bonds. The molecule has 2 rings (SSSR count). The van der Waals surface area contributed by atoms with E-state index in [1.54, 1.807) is 0 Å². The highest BCUT2D eigenvalue weighted by molar-refractivity contribution is 7.91. The summed E-state index contributed by atoms with van der Waals surface area (Å²) >= 11 is 0. The summed E-state index contributed by atoms with van der Waals surface area (Å²) in [7, 11) is -3.11. The molecule has 0 aliphatic carbocycles. The summed E-state index contributed by atoms with van der Waals surface area (Å²) < 4.78 is 62.4. The van der Waals surface area contributed by atoms with E-state index in [-0.39, 0.29) is 36.7 Å². The van der Waals surface area contributed by atoms with Gasteiger partial charge in [-0.3, -0.25) is 9.59 Å². The van der Waals surface area contributed by atoms with Crippen LogP contribution < -0.4 is 10.1 Å². The first-order chi connectivity index (χ1) is 11.6. The Morgan fingerprint density at radius 2 is 1.68 bits per heavy atom. The predicted molar refractivity (Wildman–Crippen MR) is 80.7 cm³/mol. The van der Waals surface area contributed by atoms with Gasteiger partial charge in [-0.05, 0) is 24.3 Å². The standard InChI is InChI=1S/C14H15F3N2O5S/c15-14(16,17)24-11-3-1-10(2-4-11)13(21)18-9-12(20)19-5-7-25(22,23)8-6-19/h1-4H,5-9H2,(H,18,21). The lowest BCUT2D eigenvalue weighted by Crippen LogP contribution is -2.47. The van der Waals surface area contributed by atoms with E-state index in [1.807, 2.05) is 0 Å². The average molecular weight is 380 g/mol. The van der Waals surface area contributed by atoms with E-state index in [2.05, 4.69) is 10.1 Å². The summed E-state index contributed by atoms with van der Waals surface area (Å²) in [5.74, 6) is -1.77. The van der Waals surface area contributed by atoms with Gasteiger partial charge in [0.15, 0.2) is 9.84 Å². The fourth-order valence-corrected chi connectivity index (χ4v) is 3.34. The van der Waals surface area contributed by atoms with E-state index in [4.69, 9.17) is 0 Å². The average Bonchev–Trinajstić information content (AvgIpc) is 2.51. The number of nitrogens with zero attached hydrogens (tertiary/aromatic N) is 1. The molecular weight excluding hydrogens is 365 g/mol. The van der Waals surface area contributed by atoms with E-state index in [0.717, 1.165) is 24.3 Å². The van der Waals surface area contributed by atoms with Crippen LogP contribution in [0.4, 0.5) is 13.2 Å². The van der Waals surface area contributed by atoms with Gasteiger partial charge in [0, 0.05) is 18.7 Å². The number of ether oxygens (including phenoxy) is 1. The zero-order valence-corrected chi connectivity index (χ0v) is 13.7. The number of carbonyl (C=O) groups excluding carboxylic acids is 2. The molecule has 0 atom stereocenters. The quantitative estimate of drug-likeness (QED) is 0.825. The van der Waals surface area contributed by atoms with Crippen molar-refractivity contribution < 1.29 is 35.9 Å². The largest absolute Gasteiger partial charge is 0.573 e. The zero-order valence-electron chi connectivity index (χ0n) is 12.9. The molecule has 138 valence electrons. The number of alkyl halides is 3. The maximum Gasteiger partial charge on any atom is 0.573 e. The van der Waals surface area contributed by atoms with Gasteiger partial charge in [0.2, 0.25) is 5.91 Å². The van der Waals surface area contributed by atoms with E-state index in [1.165, 1.54) is 4.90 Å². The van der Waals surface area contributed by atoms with Crippen molar-refractivity contribution in [3.63, 3.8) is 0 Å². The van der Waals surface area contributed by atoms with Gasteiger partial charge < -0.3 is 15.0 Å². The molecule has 0 aromatic heterocycles. The highest BCUT2D eigenvalue weighted by Gasteiger charge is 2.31. The second kappa shape index (κ2) is 7.30. The highest BCUT2D eigenvalue weighted by atomic mass is 32.2. The Morgan fingerprint density at radius 1 is 1.12 bits per heavy atom. The molecule has 1 aromatic rings. The molecule has 1 aromatic carbocycles. The lowest BCUT2D eigenvalue weighted by molar-refractivity contribution is -0.274. The summed E-state index contributed by atoms with van der Waals surface area (Å²) in [5.41, 5.74) is 0.0588. The zero-order chi connectivity index (χ0) is 18.7. The lowest BCUT2D eigenvalue weighted by atomic mass is 10.2. The first-order valence-electron chi connectivity index (χ1n) is 7.18. The number of hydrogen-bond acceptors (Lipinski definition) is 5. The second-order valence-electron chi connectivity index (χ2n) is 5.29.